The number of piperidine rings is 1. The third-order valence-electron chi connectivity index (χ3n) is 3.22. The minimum Gasteiger partial charge on any atom is -0.353 e. The average molecular weight is 212 g/mol. The highest BCUT2D eigenvalue weighted by atomic mass is 16.2. The minimum atomic E-state index is -0.271. The molecule has 3 nitrogen and oxygen atoms in total. The maximum absolute atomic E-state index is 11.8. The van der Waals surface area contributed by atoms with Gasteiger partial charge in [0.05, 0.1) is 0 Å². The highest BCUT2D eigenvalue weighted by Crippen LogP contribution is 2.18. The number of amides is 1. The molecule has 2 atom stereocenters. The van der Waals surface area contributed by atoms with Crippen molar-refractivity contribution in [3.63, 3.8) is 0 Å². The summed E-state index contributed by atoms with van der Waals surface area (Å²) in [6.45, 7) is 9.17. The maximum atomic E-state index is 11.8. The second-order valence-corrected chi connectivity index (χ2v) is 5.77. The summed E-state index contributed by atoms with van der Waals surface area (Å²) in [6, 6.07) is 0.937. The van der Waals surface area contributed by atoms with E-state index in [0.29, 0.717) is 12.1 Å². The van der Waals surface area contributed by atoms with E-state index in [-0.39, 0.29) is 11.3 Å². The van der Waals surface area contributed by atoms with Crippen molar-refractivity contribution in [2.75, 3.05) is 13.6 Å². The van der Waals surface area contributed by atoms with Crippen molar-refractivity contribution >= 4 is 5.91 Å². The summed E-state index contributed by atoms with van der Waals surface area (Å²) in [5.74, 6) is 0.171. The van der Waals surface area contributed by atoms with Crippen LogP contribution in [0, 0.1) is 5.41 Å². The molecule has 1 saturated heterocycles. The van der Waals surface area contributed by atoms with Gasteiger partial charge in [-0.3, -0.25) is 4.79 Å². The first-order valence-electron chi connectivity index (χ1n) is 5.82. The lowest BCUT2D eigenvalue weighted by molar-refractivity contribution is -0.129. The highest BCUT2D eigenvalue weighted by molar-refractivity contribution is 5.81. The van der Waals surface area contributed by atoms with Gasteiger partial charge in [0.15, 0.2) is 0 Å². The molecule has 0 spiro atoms. The van der Waals surface area contributed by atoms with E-state index >= 15 is 0 Å². The molecule has 1 aliphatic rings. The Kier molecular flexibility index (Phi) is 3.77. The van der Waals surface area contributed by atoms with E-state index < -0.39 is 0 Å². The summed E-state index contributed by atoms with van der Waals surface area (Å²) >= 11 is 0. The fourth-order valence-corrected chi connectivity index (χ4v) is 1.82. The van der Waals surface area contributed by atoms with Crippen LogP contribution in [0.1, 0.15) is 40.5 Å². The normalized spacial score (nSPS) is 28.9. The molecule has 1 heterocycles. The smallest absolute Gasteiger partial charge is 0.225 e. The number of hydrogen-bond donors (Lipinski definition) is 1. The zero-order chi connectivity index (χ0) is 11.6. The Bertz CT molecular complexity index is 232. The fourth-order valence-electron chi connectivity index (χ4n) is 1.82. The first kappa shape index (κ1) is 12.5. The van der Waals surface area contributed by atoms with Gasteiger partial charge in [0, 0.05) is 24.0 Å². The van der Waals surface area contributed by atoms with Crippen LogP contribution >= 0.6 is 0 Å². The lowest BCUT2D eigenvalue weighted by Gasteiger charge is -2.36. The first-order chi connectivity index (χ1) is 6.80. The molecule has 1 aliphatic heterocycles. The number of likely N-dealkylation sites (tertiary alicyclic amines) is 1. The molecule has 0 aromatic carbocycles. The molecule has 0 aromatic heterocycles. The summed E-state index contributed by atoms with van der Waals surface area (Å²) in [7, 11) is 2.15. The molecule has 1 fully saturated rings. The zero-order valence-corrected chi connectivity index (χ0v) is 10.6. The van der Waals surface area contributed by atoms with Gasteiger partial charge in [-0.05, 0) is 26.8 Å². The van der Waals surface area contributed by atoms with Crippen LogP contribution in [0.3, 0.4) is 0 Å². The van der Waals surface area contributed by atoms with Crippen LogP contribution in [-0.2, 0) is 4.79 Å². The average Bonchev–Trinajstić information content (AvgIpc) is 2.10. The Labute approximate surface area is 93.2 Å². The number of hydrogen-bond acceptors (Lipinski definition) is 2. The maximum Gasteiger partial charge on any atom is 0.225 e. The Morgan fingerprint density at radius 1 is 1.40 bits per heavy atom. The van der Waals surface area contributed by atoms with Gasteiger partial charge < -0.3 is 10.2 Å². The molecule has 0 aliphatic carbocycles. The Balaban J connectivity index is 2.44. The minimum absolute atomic E-state index is 0.171. The van der Waals surface area contributed by atoms with Crippen molar-refractivity contribution < 1.29 is 4.79 Å². The summed E-state index contributed by atoms with van der Waals surface area (Å²) < 4.78 is 0. The molecule has 1 rings (SSSR count). The number of nitrogens with one attached hydrogen (secondary N) is 1. The van der Waals surface area contributed by atoms with Crippen LogP contribution in [0.15, 0.2) is 0 Å². The molecule has 0 bridgehead atoms. The van der Waals surface area contributed by atoms with E-state index in [1.807, 2.05) is 20.8 Å². The van der Waals surface area contributed by atoms with E-state index in [1.54, 1.807) is 0 Å². The van der Waals surface area contributed by atoms with Crippen LogP contribution in [0.2, 0.25) is 0 Å². The third kappa shape index (κ3) is 3.49. The van der Waals surface area contributed by atoms with E-state index in [2.05, 4.69) is 24.2 Å². The van der Waals surface area contributed by atoms with Gasteiger partial charge in [-0.2, -0.15) is 0 Å². The Hall–Kier alpha value is -0.570. The molecule has 0 aromatic rings. The van der Waals surface area contributed by atoms with Crippen LogP contribution in [0.5, 0.6) is 0 Å². The van der Waals surface area contributed by atoms with E-state index in [0.717, 1.165) is 19.4 Å². The molecular formula is C12H24N2O. The van der Waals surface area contributed by atoms with Crippen molar-refractivity contribution in [3.8, 4) is 0 Å². The number of carbonyl (C=O) groups excluding carboxylic acids is 1. The third-order valence-corrected chi connectivity index (χ3v) is 3.22. The van der Waals surface area contributed by atoms with Crippen LogP contribution in [-0.4, -0.2) is 36.5 Å². The SMILES string of the molecule is CC1CC(NC(=O)C(C)(C)C)CCN1C. The van der Waals surface area contributed by atoms with Crippen molar-refractivity contribution in [1.29, 1.82) is 0 Å². The topological polar surface area (TPSA) is 32.3 Å². The predicted molar refractivity (Wildman–Crippen MR) is 62.7 cm³/mol. The largest absolute Gasteiger partial charge is 0.353 e. The molecular weight excluding hydrogens is 188 g/mol. The van der Waals surface area contributed by atoms with Crippen molar-refractivity contribution in [3.05, 3.63) is 0 Å². The molecule has 15 heavy (non-hydrogen) atoms. The molecule has 2 unspecified atom stereocenters. The monoisotopic (exact) mass is 212 g/mol. The van der Waals surface area contributed by atoms with Gasteiger partial charge in [0.2, 0.25) is 5.91 Å². The zero-order valence-electron chi connectivity index (χ0n) is 10.6. The lowest BCUT2D eigenvalue weighted by atomic mass is 9.93. The molecule has 3 heteroatoms. The predicted octanol–water partition coefficient (Wildman–Crippen LogP) is 1.63. The van der Waals surface area contributed by atoms with Crippen LogP contribution < -0.4 is 5.32 Å². The highest BCUT2D eigenvalue weighted by Gasteiger charge is 2.28. The van der Waals surface area contributed by atoms with Gasteiger partial charge in [-0.1, -0.05) is 20.8 Å². The van der Waals surface area contributed by atoms with Crippen molar-refractivity contribution in [1.82, 2.24) is 10.2 Å². The van der Waals surface area contributed by atoms with Crippen molar-refractivity contribution in [2.45, 2.75) is 52.6 Å². The molecule has 0 saturated carbocycles. The number of carbonyl (C=O) groups is 1. The van der Waals surface area contributed by atoms with E-state index in [9.17, 15) is 4.79 Å². The quantitative estimate of drug-likeness (QED) is 0.716. The number of nitrogens with zero attached hydrogens (tertiary/aromatic N) is 1. The fraction of sp³-hybridized carbons (Fsp3) is 0.917. The summed E-state index contributed by atoms with van der Waals surface area (Å²) in [6.07, 6.45) is 2.14. The van der Waals surface area contributed by atoms with E-state index in [4.69, 9.17) is 0 Å². The van der Waals surface area contributed by atoms with Crippen molar-refractivity contribution in [2.24, 2.45) is 5.41 Å². The van der Waals surface area contributed by atoms with Gasteiger partial charge in [0.25, 0.3) is 0 Å². The second kappa shape index (κ2) is 4.52. The van der Waals surface area contributed by atoms with Crippen LogP contribution in [0.25, 0.3) is 0 Å². The lowest BCUT2D eigenvalue weighted by Crippen LogP contribution is -2.49. The first-order valence-corrected chi connectivity index (χ1v) is 5.82. The molecule has 0 radical (unpaired) electrons. The summed E-state index contributed by atoms with van der Waals surface area (Å²) in [5, 5.41) is 3.14. The second-order valence-electron chi connectivity index (χ2n) is 5.77. The van der Waals surface area contributed by atoms with E-state index in [1.165, 1.54) is 0 Å². The summed E-state index contributed by atoms with van der Waals surface area (Å²) in [4.78, 5) is 14.1. The standard InChI is InChI=1S/C12H24N2O/c1-9-8-10(6-7-14(9)5)13-11(15)12(2,3)4/h9-10H,6-8H2,1-5H3,(H,13,15). The Morgan fingerprint density at radius 3 is 2.47 bits per heavy atom. The van der Waals surface area contributed by atoms with Gasteiger partial charge in [0.1, 0.15) is 0 Å². The summed E-state index contributed by atoms with van der Waals surface area (Å²) in [5.41, 5.74) is -0.271. The van der Waals surface area contributed by atoms with Gasteiger partial charge in [-0.25, -0.2) is 0 Å². The van der Waals surface area contributed by atoms with Gasteiger partial charge in [-0.15, -0.1) is 0 Å². The number of rotatable bonds is 1. The molecule has 1 N–H and O–H groups in total. The van der Waals surface area contributed by atoms with Crippen LogP contribution in [0.4, 0.5) is 0 Å². The van der Waals surface area contributed by atoms with Gasteiger partial charge >= 0.3 is 0 Å². The molecule has 1 amide bonds. The molecule has 88 valence electrons. The Morgan fingerprint density at radius 2 is 2.00 bits per heavy atom.